The average molecular weight is 129 g/mol. The van der Waals surface area contributed by atoms with Crippen LogP contribution >= 0.6 is 0 Å². The summed E-state index contributed by atoms with van der Waals surface area (Å²) in [5.74, 6) is 0. The largest absolute Gasteiger partial charge is 0.373 e. The van der Waals surface area contributed by atoms with E-state index < -0.39 is 0 Å². The molecule has 0 amide bonds. The smallest absolute Gasteiger partial charge is 0.0991 e. The van der Waals surface area contributed by atoms with E-state index >= 15 is 0 Å². The maximum atomic E-state index is 5.06. The predicted octanol–water partition coefficient (Wildman–Crippen LogP) is -0.0430. The van der Waals surface area contributed by atoms with Crippen molar-refractivity contribution in [1.29, 1.82) is 0 Å². The van der Waals surface area contributed by atoms with Crippen LogP contribution in [0.1, 0.15) is 0 Å². The SMILES string of the molecule is CN(C)N1C[CH]OCC1. The van der Waals surface area contributed by atoms with Crippen LogP contribution < -0.4 is 0 Å². The van der Waals surface area contributed by atoms with E-state index in [1.54, 1.807) is 0 Å². The minimum atomic E-state index is 0.818. The summed E-state index contributed by atoms with van der Waals surface area (Å²) >= 11 is 0. The zero-order valence-electron chi connectivity index (χ0n) is 6.00. The molecule has 0 saturated carbocycles. The molecule has 0 aromatic carbocycles. The Labute approximate surface area is 56.2 Å². The van der Waals surface area contributed by atoms with Crippen molar-refractivity contribution in [1.82, 2.24) is 10.0 Å². The van der Waals surface area contributed by atoms with Gasteiger partial charge in [-0.3, -0.25) is 0 Å². The van der Waals surface area contributed by atoms with Gasteiger partial charge >= 0.3 is 0 Å². The van der Waals surface area contributed by atoms with Crippen LogP contribution in [0.2, 0.25) is 0 Å². The first kappa shape index (κ1) is 6.99. The van der Waals surface area contributed by atoms with Crippen molar-refractivity contribution in [3.05, 3.63) is 6.61 Å². The Kier molecular flexibility index (Phi) is 2.45. The summed E-state index contributed by atoms with van der Waals surface area (Å²) < 4.78 is 5.06. The van der Waals surface area contributed by atoms with Crippen molar-refractivity contribution in [3.8, 4) is 0 Å². The second-order valence-electron chi connectivity index (χ2n) is 2.30. The lowest BCUT2D eigenvalue weighted by atomic mass is 10.5. The molecule has 1 fully saturated rings. The highest BCUT2D eigenvalue weighted by Gasteiger charge is 2.11. The van der Waals surface area contributed by atoms with Gasteiger partial charge in [-0.05, 0) is 0 Å². The molecule has 1 rings (SSSR count). The van der Waals surface area contributed by atoms with E-state index in [0.29, 0.717) is 0 Å². The first-order chi connectivity index (χ1) is 4.30. The van der Waals surface area contributed by atoms with Crippen LogP contribution in [0.3, 0.4) is 0 Å². The summed E-state index contributed by atoms with van der Waals surface area (Å²) in [4.78, 5) is 0. The first-order valence-electron chi connectivity index (χ1n) is 3.16. The van der Waals surface area contributed by atoms with Gasteiger partial charge in [0, 0.05) is 27.2 Å². The molecule has 0 bridgehead atoms. The van der Waals surface area contributed by atoms with Crippen LogP contribution in [0.15, 0.2) is 0 Å². The first-order valence-corrected chi connectivity index (χ1v) is 3.16. The minimum absolute atomic E-state index is 0.818. The Morgan fingerprint density at radius 1 is 1.56 bits per heavy atom. The molecule has 0 aromatic heterocycles. The van der Waals surface area contributed by atoms with Gasteiger partial charge in [-0.2, -0.15) is 0 Å². The van der Waals surface area contributed by atoms with Crippen molar-refractivity contribution >= 4 is 0 Å². The molecule has 0 spiro atoms. The van der Waals surface area contributed by atoms with E-state index in [-0.39, 0.29) is 0 Å². The quantitative estimate of drug-likeness (QED) is 0.494. The van der Waals surface area contributed by atoms with Crippen LogP contribution in [0, 0.1) is 6.61 Å². The zero-order valence-corrected chi connectivity index (χ0v) is 6.00. The standard InChI is InChI=1S/C6H13N2O/c1-7(2)8-3-5-9-6-4-8/h5H,3-4,6H2,1-2H3. The van der Waals surface area contributed by atoms with Gasteiger partial charge in [0.2, 0.25) is 0 Å². The molecule has 0 N–H and O–H groups in total. The third kappa shape index (κ3) is 1.93. The van der Waals surface area contributed by atoms with E-state index in [2.05, 4.69) is 10.0 Å². The average Bonchev–Trinajstić information content (AvgIpc) is 1.90. The highest BCUT2D eigenvalue weighted by Crippen LogP contribution is 1.99. The van der Waals surface area contributed by atoms with Gasteiger partial charge in [-0.1, -0.05) is 0 Å². The fraction of sp³-hybridized carbons (Fsp3) is 0.833. The molecule has 53 valence electrons. The van der Waals surface area contributed by atoms with E-state index in [0.717, 1.165) is 19.7 Å². The second-order valence-corrected chi connectivity index (χ2v) is 2.30. The fourth-order valence-corrected chi connectivity index (χ4v) is 0.835. The van der Waals surface area contributed by atoms with Crippen molar-refractivity contribution < 1.29 is 4.74 Å². The molecule has 0 aromatic rings. The summed E-state index contributed by atoms with van der Waals surface area (Å²) in [5.41, 5.74) is 0. The molecule has 3 nitrogen and oxygen atoms in total. The Balaban J connectivity index is 2.23. The van der Waals surface area contributed by atoms with Crippen molar-refractivity contribution in [2.45, 2.75) is 0 Å². The van der Waals surface area contributed by atoms with Gasteiger partial charge in [0.25, 0.3) is 0 Å². The topological polar surface area (TPSA) is 15.7 Å². The molecule has 1 heterocycles. The molecule has 0 atom stereocenters. The maximum Gasteiger partial charge on any atom is 0.0991 e. The maximum absolute atomic E-state index is 5.06. The highest BCUT2D eigenvalue weighted by atomic mass is 16.5. The van der Waals surface area contributed by atoms with Crippen molar-refractivity contribution in [2.75, 3.05) is 33.8 Å². The van der Waals surface area contributed by atoms with E-state index in [1.807, 2.05) is 20.7 Å². The zero-order chi connectivity index (χ0) is 6.69. The van der Waals surface area contributed by atoms with Gasteiger partial charge < -0.3 is 4.74 Å². The number of hydrogen-bond acceptors (Lipinski definition) is 3. The third-order valence-corrected chi connectivity index (χ3v) is 1.44. The number of ether oxygens (including phenoxy) is 1. The van der Waals surface area contributed by atoms with Crippen LogP contribution in [0.5, 0.6) is 0 Å². The summed E-state index contributed by atoms with van der Waals surface area (Å²) in [6.07, 6.45) is 0. The molecule has 3 heteroatoms. The molecule has 0 unspecified atom stereocenters. The van der Waals surface area contributed by atoms with E-state index in [4.69, 9.17) is 4.74 Å². The van der Waals surface area contributed by atoms with Crippen LogP contribution in [0.4, 0.5) is 0 Å². The Morgan fingerprint density at radius 3 is 2.67 bits per heavy atom. The van der Waals surface area contributed by atoms with Gasteiger partial charge in [-0.25, -0.2) is 10.0 Å². The minimum Gasteiger partial charge on any atom is -0.373 e. The van der Waals surface area contributed by atoms with Gasteiger partial charge in [0.1, 0.15) is 0 Å². The van der Waals surface area contributed by atoms with E-state index in [1.165, 1.54) is 0 Å². The normalized spacial score (nSPS) is 23.0. The fourth-order valence-electron chi connectivity index (χ4n) is 0.835. The van der Waals surface area contributed by atoms with Crippen molar-refractivity contribution in [3.63, 3.8) is 0 Å². The van der Waals surface area contributed by atoms with Crippen LogP contribution in [-0.4, -0.2) is 43.8 Å². The van der Waals surface area contributed by atoms with Crippen LogP contribution in [0.25, 0.3) is 0 Å². The molecule has 9 heavy (non-hydrogen) atoms. The number of morpholine rings is 1. The lowest BCUT2D eigenvalue weighted by Gasteiger charge is -2.31. The number of hydrazine groups is 1. The predicted molar refractivity (Wildman–Crippen MR) is 35.5 cm³/mol. The number of rotatable bonds is 1. The van der Waals surface area contributed by atoms with Gasteiger partial charge in [0.15, 0.2) is 0 Å². The molecule has 1 saturated heterocycles. The van der Waals surface area contributed by atoms with Crippen LogP contribution in [-0.2, 0) is 4.74 Å². The summed E-state index contributed by atoms with van der Waals surface area (Å²) in [7, 11) is 4.08. The molecule has 1 aliphatic heterocycles. The number of nitrogens with zero attached hydrogens (tertiary/aromatic N) is 2. The van der Waals surface area contributed by atoms with E-state index in [9.17, 15) is 0 Å². The third-order valence-electron chi connectivity index (χ3n) is 1.44. The molecular weight excluding hydrogens is 116 g/mol. The molecule has 1 aliphatic rings. The monoisotopic (exact) mass is 129 g/mol. The molecule has 0 aliphatic carbocycles. The highest BCUT2D eigenvalue weighted by molar-refractivity contribution is 4.64. The summed E-state index contributed by atoms with van der Waals surface area (Å²) in [6, 6.07) is 0. The molecule has 1 radical (unpaired) electrons. The van der Waals surface area contributed by atoms with Gasteiger partial charge in [0.05, 0.1) is 13.2 Å². The lowest BCUT2D eigenvalue weighted by Crippen LogP contribution is -2.43. The second kappa shape index (κ2) is 3.15. The Bertz CT molecular complexity index is 79.1. The summed E-state index contributed by atoms with van der Waals surface area (Å²) in [6.45, 7) is 4.57. The Morgan fingerprint density at radius 2 is 2.33 bits per heavy atom. The van der Waals surface area contributed by atoms with Crippen molar-refractivity contribution in [2.24, 2.45) is 0 Å². The molecular formula is C6H13N2O. The lowest BCUT2D eigenvalue weighted by molar-refractivity contribution is -0.0354. The summed E-state index contributed by atoms with van der Waals surface area (Å²) in [5, 5.41) is 4.29. The number of hydrogen-bond donors (Lipinski definition) is 0. The van der Waals surface area contributed by atoms with Gasteiger partial charge in [-0.15, -0.1) is 0 Å². The Hall–Kier alpha value is -0.120.